The van der Waals surface area contributed by atoms with Crippen molar-refractivity contribution in [3.05, 3.63) is 0 Å². The van der Waals surface area contributed by atoms with Crippen LogP contribution in [0.4, 0.5) is 4.39 Å². The number of morpholine rings is 1. The van der Waals surface area contributed by atoms with Gasteiger partial charge in [0.15, 0.2) is 0 Å². The fourth-order valence-corrected chi connectivity index (χ4v) is 1.25. The lowest BCUT2D eigenvalue weighted by molar-refractivity contribution is -0.0244. The number of hydrogen-bond donors (Lipinski definition) is 1. The van der Waals surface area contributed by atoms with Crippen LogP contribution < -0.4 is 5.73 Å². The lowest BCUT2D eigenvalue weighted by Crippen LogP contribution is -2.46. The summed E-state index contributed by atoms with van der Waals surface area (Å²) in [6, 6.07) is 0. The summed E-state index contributed by atoms with van der Waals surface area (Å²) in [5, 5.41) is 0. The molecule has 11 heavy (non-hydrogen) atoms. The Bertz CT molecular complexity index is 111. The van der Waals surface area contributed by atoms with Gasteiger partial charge in [-0.3, -0.25) is 4.90 Å². The lowest BCUT2D eigenvalue weighted by Gasteiger charge is -2.31. The van der Waals surface area contributed by atoms with Gasteiger partial charge in [0.25, 0.3) is 0 Å². The van der Waals surface area contributed by atoms with Gasteiger partial charge in [-0.05, 0) is 0 Å². The Labute approximate surface area is 66.3 Å². The van der Waals surface area contributed by atoms with Crippen molar-refractivity contribution in [2.24, 2.45) is 5.73 Å². The highest BCUT2D eigenvalue weighted by atomic mass is 19.1. The van der Waals surface area contributed by atoms with E-state index in [1.807, 2.05) is 4.90 Å². The summed E-state index contributed by atoms with van der Waals surface area (Å²) in [7, 11) is 0. The second-order valence-corrected chi connectivity index (χ2v) is 2.72. The van der Waals surface area contributed by atoms with Crippen molar-refractivity contribution >= 4 is 0 Å². The Kier molecular flexibility index (Phi) is 3.76. The molecule has 1 aliphatic rings. The summed E-state index contributed by atoms with van der Waals surface area (Å²) < 4.78 is 17.2. The molecule has 0 radical (unpaired) electrons. The second kappa shape index (κ2) is 4.64. The van der Waals surface area contributed by atoms with Gasteiger partial charge in [0, 0.05) is 26.2 Å². The Balaban J connectivity index is 2.21. The van der Waals surface area contributed by atoms with E-state index in [9.17, 15) is 4.39 Å². The molecule has 1 unspecified atom stereocenters. The molecule has 66 valence electrons. The first-order chi connectivity index (χ1) is 5.36. The SMILES string of the molecule is NCC1CN(CCF)CCO1. The quantitative estimate of drug-likeness (QED) is 0.614. The Morgan fingerprint density at radius 3 is 3.09 bits per heavy atom. The Morgan fingerprint density at radius 1 is 1.64 bits per heavy atom. The van der Waals surface area contributed by atoms with Gasteiger partial charge in [-0.25, -0.2) is 4.39 Å². The topological polar surface area (TPSA) is 38.5 Å². The first-order valence-corrected chi connectivity index (χ1v) is 3.97. The van der Waals surface area contributed by atoms with E-state index in [0.29, 0.717) is 19.7 Å². The zero-order valence-electron chi connectivity index (χ0n) is 6.63. The van der Waals surface area contributed by atoms with Crippen molar-refractivity contribution < 1.29 is 9.13 Å². The molecule has 0 aromatic carbocycles. The molecule has 1 aliphatic heterocycles. The molecule has 1 fully saturated rings. The summed E-state index contributed by atoms with van der Waals surface area (Å²) in [5.41, 5.74) is 5.42. The van der Waals surface area contributed by atoms with E-state index in [1.54, 1.807) is 0 Å². The molecule has 0 aromatic heterocycles. The van der Waals surface area contributed by atoms with Crippen LogP contribution >= 0.6 is 0 Å². The summed E-state index contributed by atoms with van der Waals surface area (Å²) in [6.45, 7) is 3.06. The molecule has 3 nitrogen and oxygen atoms in total. The Hall–Kier alpha value is -0.190. The average Bonchev–Trinajstić information content (AvgIpc) is 2.06. The first-order valence-electron chi connectivity index (χ1n) is 3.97. The van der Waals surface area contributed by atoms with Crippen LogP contribution in [-0.2, 0) is 4.74 Å². The number of halogens is 1. The zero-order valence-corrected chi connectivity index (χ0v) is 6.63. The highest BCUT2D eigenvalue weighted by Gasteiger charge is 2.17. The minimum absolute atomic E-state index is 0.107. The molecule has 1 saturated heterocycles. The van der Waals surface area contributed by atoms with Gasteiger partial charge in [0.05, 0.1) is 12.7 Å². The molecule has 4 heteroatoms. The highest BCUT2D eigenvalue weighted by Crippen LogP contribution is 2.02. The molecule has 0 spiro atoms. The molecule has 0 aliphatic carbocycles. The van der Waals surface area contributed by atoms with Crippen molar-refractivity contribution in [3.63, 3.8) is 0 Å². The van der Waals surface area contributed by atoms with Gasteiger partial charge in [0.2, 0.25) is 0 Å². The van der Waals surface area contributed by atoms with Gasteiger partial charge < -0.3 is 10.5 Å². The number of alkyl halides is 1. The summed E-state index contributed by atoms with van der Waals surface area (Å²) in [6.07, 6.45) is 0.107. The molecular formula is C7H15FN2O. The maximum atomic E-state index is 11.9. The van der Waals surface area contributed by atoms with E-state index in [1.165, 1.54) is 0 Å². The van der Waals surface area contributed by atoms with E-state index < -0.39 is 0 Å². The fourth-order valence-electron chi connectivity index (χ4n) is 1.25. The van der Waals surface area contributed by atoms with Gasteiger partial charge in [-0.15, -0.1) is 0 Å². The van der Waals surface area contributed by atoms with Crippen LogP contribution in [-0.4, -0.2) is 50.5 Å². The van der Waals surface area contributed by atoms with E-state index in [0.717, 1.165) is 13.1 Å². The maximum absolute atomic E-state index is 11.9. The first kappa shape index (κ1) is 8.90. The minimum atomic E-state index is -0.280. The van der Waals surface area contributed by atoms with Crippen LogP contribution in [0.2, 0.25) is 0 Å². The highest BCUT2D eigenvalue weighted by molar-refractivity contribution is 4.71. The van der Waals surface area contributed by atoms with Crippen molar-refractivity contribution in [1.29, 1.82) is 0 Å². The third-order valence-electron chi connectivity index (χ3n) is 1.89. The molecule has 0 aromatic rings. The molecule has 1 atom stereocenters. The monoisotopic (exact) mass is 162 g/mol. The molecule has 0 bridgehead atoms. The maximum Gasteiger partial charge on any atom is 0.102 e. The van der Waals surface area contributed by atoms with Crippen molar-refractivity contribution in [1.82, 2.24) is 4.90 Å². The van der Waals surface area contributed by atoms with Crippen molar-refractivity contribution in [3.8, 4) is 0 Å². The fraction of sp³-hybridized carbons (Fsp3) is 1.00. The van der Waals surface area contributed by atoms with Crippen LogP contribution in [0.5, 0.6) is 0 Å². The molecule has 0 saturated carbocycles. The van der Waals surface area contributed by atoms with Gasteiger partial charge in [-0.2, -0.15) is 0 Å². The van der Waals surface area contributed by atoms with Crippen LogP contribution in [0.1, 0.15) is 0 Å². The predicted octanol–water partition coefficient (Wildman–Crippen LogP) is -0.385. The third kappa shape index (κ3) is 2.73. The molecule has 2 N–H and O–H groups in total. The number of rotatable bonds is 3. The Morgan fingerprint density at radius 2 is 2.45 bits per heavy atom. The van der Waals surface area contributed by atoms with Crippen molar-refractivity contribution in [2.75, 3.05) is 39.5 Å². The van der Waals surface area contributed by atoms with Crippen LogP contribution in [0, 0.1) is 0 Å². The molecule has 0 amide bonds. The smallest absolute Gasteiger partial charge is 0.102 e. The summed E-state index contributed by atoms with van der Waals surface area (Å²) in [5.74, 6) is 0. The average molecular weight is 162 g/mol. The third-order valence-corrected chi connectivity index (χ3v) is 1.89. The normalized spacial score (nSPS) is 27.3. The molecule has 1 rings (SSSR count). The van der Waals surface area contributed by atoms with Gasteiger partial charge in [0.1, 0.15) is 6.67 Å². The molecule has 1 heterocycles. The van der Waals surface area contributed by atoms with E-state index in [2.05, 4.69) is 0 Å². The minimum Gasteiger partial charge on any atom is -0.374 e. The lowest BCUT2D eigenvalue weighted by atomic mass is 10.3. The predicted molar refractivity (Wildman–Crippen MR) is 41.2 cm³/mol. The number of nitrogens with zero attached hydrogens (tertiary/aromatic N) is 1. The van der Waals surface area contributed by atoms with Crippen LogP contribution in [0.25, 0.3) is 0 Å². The zero-order chi connectivity index (χ0) is 8.10. The number of nitrogens with two attached hydrogens (primary N) is 1. The number of hydrogen-bond acceptors (Lipinski definition) is 3. The summed E-state index contributed by atoms with van der Waals surface area (Å²) >= 11 is 0. The second-order valence-electron chi connectivity index (χ2n) is 2.72. The van der Waals surface area contributed by atoms with E-state index in [-0.39, 0.29) is 12.8 Å². The van der Waals surface area contributed by atoms with Crippen molar-refractivity contribution in [2.45, 2.75) is 6.10 Å². The van der Waals surface area contributed by atoms with E-state index >= 15 is 0 Å². The van der Waals surface area contributed by atoms with Crippen LogP contribution in [0.3, 0.4) is 0 Å². The van der Waals surface area contributed by atoms with Gasteiger partial charge >= 0.3 is 0 Å². The van der Waals surface area contributed by atoms with E-state index in [4.69, 9.17) is 10.5 Å². The van der Waals surface area contributed by atoms with Gasteiger partial charge in [-0.1, -0.05) is 0 Å². The summed E-state index contributed by atoms with van der Waals surface area (Å²) in [4.78, 5) is 2.04. The van der Waals surface area contributed by atoms with Crippen LogP contribution in [0.15, 0.2) is 0 Å². The molecular weight excluding hydrogens is 147 g/mol. The largest absolute Gasteiger partial charge is 0.374 e. The number of ether oxygens (including phenoxy) is 1. The standard InChI is InChI=1S/C7H15FN2O/c8-1-2-10-3-4-11-7(5-9)6-10/h7H,1-6,9H2.